The zero-order valence-corrected chi connectivity index (χ0v) is 31.7. The van der Waals surface area contributed by atoms with Crippen LogP contribution in [0.4, 0.5) is 0 Å². The molecule has 1 atom stereocenters. The molecule has 0 bridgehead atoms. The monoisotopic (exact) mass is 757 g/mol. The number of aromatic nitrogens is 3. The Labute approximate surface area is 325 Å². The molecule has 290 valence electrons. The van der Waals surface area contributed by atoms with Gasteiger partial charge in [0.05, 0.1) is 29.4 Å². The molecule has 5 heterocycles. The second-order valence-corrected chi connectivity index (χ2v) is 14.8. The van der Waals surface area contributed by atoms with Crippen molar-refractivity contribution in [3.63, 3.8) is 0 Å². The number of rotatable bonds is 17. The summed E-state index contributed by atoms with van der Waals surface area (Å²) in [6, 6.07) is 16.6. The van der Waals surface area contributed by atoms with Gasteiger partial charge in [0.2, 0.25) is 11.8 Å². The largest absolute Gasteiger partial charge is 0.494 e. The molecule has 2 fully saturated rings. The van der Waals surface area contributed by atoms with Crippen LogP contribution >= 0.6 is 0 Å². The van der Waals surface area contributed by atoms with Crippen LogP contribution in [-0.2, 0) is 21.3 Å². The number of pyridine rings is 2. The predicted octanol–water partition coefficient (Wildman–Crippen LogP) is 7.15. The maximum absolute atomic E-state index is 13.1. The Morgan fingerprint density at radius 1 is 0.786 bits per heavy atom. The summed E-state index contributed by atoms with van der Waals surface area (Å²) in [4.78, 5) is 48.4. The number of fused-ring (bicyclic) bond motifs is 4. The quantitative estimate of drug-likeness (QED) is 0.0776. The third-order valence-electron chi connectivity index (χ3n) is 11.0. The molecule has 12 heteroatoms. The number of carbonyl (C=O) groups is 3. The molecular weight excluding hydrogens is 711 g/mol. The van der Waals surface area contributed by atoms with E-state index in [9.17, 15) is 14.4 Å². The second kappa shape index (κ2) is 16.6. The number of piperidine rings is 1. The third-order valence-corrected chi connectivity index (χ3v) is 11.0. The van der Waals surface area contributed by atoms with Crippen molar-refractivity contribution >= 4 is 39.5 Å². The first-order chi connectivity index (χ1) is 27.3. The van der Waals surface area contributed by atoms with Crippen molar-refractivity contribution in [3.8, 4) is 22.8 Å². The molecule has 56 heavy (non-hydrogen) atoms. The number of benzene rings is 2. The van der Waals surface area contributed by atoms with Crippen molar-refractivity contribution in [2.24, 2.45) is 7.05 Å². The standard InChI is InChI=1S/C44H47N5O7/c1-28-8-14-39(42(50)47-28)49-43(51)35-13-11-31(25-36(35)44(49)52)54-20-5-3-4-18-53-19-6-7-21-55-32-23-33(24-32)56-41-15-10-30(26-46-41)29-9-12-34-37-27-45-17-16-38(37)48(2)40(34)22-29/h9-13,15-17,22,25-27,32-33,39H,1,3-8,14,18-21,23-24H2,2H3,(H,47,50). The average Bonchev–Trinajstić information content (AvgIpc) is 3.62. The summed E-state index contributed by atoms with van der Waals surface area (Å²) in [6.07, 6.45) is 13.3. The van der Waals surface area contributed by atoms with Crippen LogP contribution in [0.3, 0.4) is 0 Å². The molecule has 0 spiro atoms. The number of imide groups is 1. The lowest BCUT2D eigenvalue weighted by Crippen LogP contribution is -2.51. The van der Waals surface area contributed by atoms with Crippen LogP contribution in [0.2, 0.25) is 0 Å². The van der Waals surface area contributed by atoms with Gasteiger partial charge in [-0.1, -0.05) is 18.7 Å². The Balaban J connectivity index is 0.652. The van der Waals surface area contributed by atoms with E-state index >= 15 is 0 Å². The topological polar surface area (TPSA) is 134 Å². The molecule has 8 rings (SSSR count). The zero-order valence-electron chi connectivity index (χ0n) is 31.7. The molecule has 2 aromatic carbocycles. The SMILES string of the molecule is C=C1CCC(N2C(=O)c3ccc(OCCCCCOCCCCOC4CC(Oc5ccc(-c6ccc7c8cnccc8n(C)c7c6)cn5)C4)cc3C2=O)C(=O)N1. The second-order valence-electron chi connectivity index (χ2n) is 14.8. The molecule has 3 amide bonds. The molecule has 3 aliphatic rings. The number of allylic oxidation sites excluding steroid dienone is 1. The molecular formula is C44H47N5O7. The van der Waals surface area contributed by atoms with E-state index in [1.165, 1.54) is 16.4 Å². The minimum Gasteiger partial charge on any atom is -0.494 e. The molecule has 0 radical (unpaired) electrons. The molecule has 5 aromatic rings. The Bertz CT molecular complexity index is 2260. The number of nitrogens with zero attached hydrogens (tertiary/aromatic N) is 4. The number of aryl methyl sites for hydroxylation is 1. The molecule has 12 nitrogen and oxygen atoms in total. The number of ether oxygens (including phenoxy) is 4. The van der Waals surface area contributed by atoms with Gasteiger partial charge in [0.25, 0.3) is 11.8 Å². The molecule has 1 saturated heterocycles. The van der Waals surface area contributed by atoms with E-state index in [1.54, 1.807) is 18.2 Å². The van der Waals surface area contributed by atoms with Gasteiger partial charge in [-0.2, -0.15) is 0 Å². The average molecular weight is 758 g/mol. The fourth-order valence-corrected chi connectivity index (χ4v) is 7.73. The number of hydrogen-bond donors (Lipinski definition) is 1. The van der Waals surface area contributed by atoms with Crippen LogP contribution in [0, 0.1) is 0 Å². The van der Waals surface area contributed by atoms with Crippen LogP contribution in [-0.4, -0.2) is 81.8 Å². The summed E-state index contributed by atoms with van der Waals surface area (Å²) in [5.41, 5.74) is 5.67. The maximum Gasteiger partial charge on any atom is 0.262 e. The van der Waals surface area contributed by atoms with E-state index in [0.29, 0.717) is 55.6 Å². The molecule has 1 aliphatic carbocycles. The van der Waals surface area contributed by atoms with Crippen molar-refractivity contribution in [2.45, 2.75) is 76.0 Å². The number of unbranched alkanes of at least 4 members (excludes halogenated alkanes) is 3. The lowest BCUT2D eigenvalue weighted by Gasteiger charge is -2.34. The molecule has 1 unspecified atom stereocenters. The van der Waals surface area contributed by atoms with Gasteiger partial charge in [-0.25, -0.2) is 4.98 Å². The van der Waals surface area contributed by atoms with Crippen molar-refractivity contribution in [3.05, 3.63) is 96.6 Å². The predicted molar refractivity (Wildman–Crippen MR) is 211 cm³/mol. The summed E-state index contributed by atoms with van der Waals surface area (Å²) in [7, 11) is 2.09. The van der Waals surface area contributed by atoms with Gasteiger partial charge in [0, 0.05) is 91.9 Å². The Morgan fingerprint density at radius 3 is 2.39 bits per heavy atom. The van der Waals surface area contributed by atoms with Crippen molar-refractivity contribution in [2.75, 3.05) is 26.4 Å². The first kappa shape index (κ1) is 37.3. The zero-order chi connectivity index (χ0) is 38.6. The van der Waals surface area contributed by atoms with Crippen LogP contribution in [0.15, 0.2) is 85.5 Å². The maximum atomic E-state index is 13.1. The number of hydrogen-bond acceptors (Lipinski definition) is 9. The van der Waals surface area contributed by atoms with Crippen molar-refractivity contribution < 1.29 is 33.3 Å². The third kappa shape index (κ3) is 7.89. The summed E-state index contributed by atoms with van der Waals surface area (Å²) in [5, 5.41) is 5.00. The van der Waals surface area contributed by atoms with Gasteiger partial charge < -0.3 is 28.8 Å². The van der Waals surface area contributed by atoms with E-state index in [-0.39, 0.29) is 23.7 Å². The van der Waals surface area contributed by atoms with E-state index in [0.717, 1.165) is 73.0 Å². The number of carbonyl (C=O) groups excluding carboxylic acids is 3. The van der Waals surface area contributed by atoms with E-state index < -0.39 is 17.9 Å². The number of nitrogens with one attached hydrogen (secondary N) is 1. The van der Waals surface area contributed by atoms with Gasteiger partial charge in [-0.3, -0.25) is 24.3 Å². The summed E-state index contributed by atoms with van der Waals surface area (Å²) < 4.78 is 26.0. The van der Waals surface area contributed by atoms with Gasteiger partial charge in [-0.15, -0.1) is 0 Å². The minimum absolute atomic E-state index is 0.126. The van der Waals surface area contributed by atoms with E-state index in [1.807, 2.05) is 30.7 Å². The Morgan fingerprint density at radius 2 is 1.57 bits per heavy atom. The van der Waals surface area contributed by atoms with E-state index in [4.69, 9.17) is 18.9 Å². The summed E-state index contributed by atoms with van der Waals surface area (Å²) in [5.74, 6) is -0.115. The van der Waals surface area contributed by atoms with Crippen LogP contribution in [0.5, 0.6) is 11.6 Å². The molecule has 1 saturated carbocycles. The Kier molecular flexibility index (Phi) is 11.1. The van der Waals surface area contributed by atoms with Gasteiger partial charge >= 0.3 is 0 Å². The minimum atomic E-state index is -0.826. The smallest absolute Gasteiger partial charge is 0.262 e. The van der Waals surface area contributed by atoms with Crippen LogP contribution in [0.1, 0.15) is 78.5 Å². The summed E-state index contributed by atoms with van der Waals surface area (Å²) >= 11 is 0. The highest BCUT2D eigenvalue weighted by Crippen LogP contribution is 2.33. The molecule has 1 N–H and O–H groups in total. The summed E-state index contributed by atoms with van der Waals surface area (Å²) in [6.45, 7) is 6.38. The first-order valence-corrected chi connectivity index (χ1v) is 19.6. The highest BCUT2D eigenvalue weighted by atomic mass is 16.5. The fourth-order valence-electron chi connectivity index (χ4n) is 7.73. The van der Waals surface area contributed by atoms with Crippen molar-refractivity contribution in [1.29, 1.82) is 0 Å². The first-order valence-electron chi connectivity index (χ1n) is 19.6. The molecule has 2 aliphatic heterocycles. The van der Waals surface area contributed by atoms with Gasteiger partial charge in [0.1, 0.15) is 17.9 Å². The van der Waals surface area contributed by atoms with E-state index in [2.05, 4.69) is 57.7 Å². The highest BCUT2D eigenvalue weighted by Gasteiger charge is 2.44. The number of amides is 3. The van der Waals surface area contributed by atoms with Gasteiger partial charge in [0.15, 0.2) is 0 Å². The van der Waals surface area contributed by atoms with Crippen LogP contribution < -0.4 is 14.8 Å². The van der Waals surface area contributed by atoms with Crippen LogP contribution in [0.25, 0.3) is 32.9 Å². The van der Waals surface area contributed by atoms with Crippen molar-refractivity contribution in [1.82, 2.24) is 24.8 Å². The van der Waals surface area contributed by atoms with Gasteiger partial charge in [-0.05, 0) is 86.9 Å². The lowest BCUT2D eigenvalue weighted by molar-refractivity contribution is -0.125. The lowest BCUT2D eigenvalue weighted by atomic mass is 9.92. The molecule has 3 aromatic heterocycles. The normalized spacial score (nSPS) is 19.4. The Hall–Kier alpha value is -5.59. The highest BCUT2D eigenvalue weighted by molar-refractivity contribution is 6.23. The fraction of sp³-hybridized carbons (Fsp3) is 0.386.